The predicted molar refractivity (Wildman–Crippen MR) is 33.1 cm³/mol. The summed E-state index contributed by atoms with van der Waals surface area (Å²) in [5, 5.41) is 0. The lowest BCUT2D eigenvalue weighted by Gasteiger charge is -2.08. The highest BCUT2D eigenvalue weighted by Crippen LogP contribution is 2.08. The highest BCUT2D eigenvalue weighted by Gasteiger charge is 2.18. The summed E-state index contributed by atoms with van der Waals surface area (Å²) >= 11 is 0. The van der Waals surface area contributed by atoms with E-state index >= 15 is 0 Å². The van der Waals surface area contributed by atoms with Crippen molar-refractivity contribution in [1.82, 2.24) is 4.90 Å². The number of aliphatic imine (C=N–C) groups is 1. The third-order valence-corrected chi connectivity index (χ3v) is 1.09. The quantitative estimate of drug-likeness (QED) is 0.566. The maximum Gasteiger partial charge on any atom is 0.168 e. The Morgan fingerprint density at radius 1 is 1.50 bits per heavy atom. The van der Waals surface area contributed by atoms with E-state index in [2.05, 4.69) is 17.9 Å². The number of alkyl halides is 2. The number of hydrogen-bond donors (Lipinski definition) is 0. The van der Waals surface area contributed by atoms with E-state index in [1.807, 2.05) is 0 Å². The van der Waals surface area contributed by atoms with Gasteiger partial charge in [0.25, 0.3) is 0 Å². The number of nitrogens with zero attached hydrogens (tertiary/aromatic N) is 2. The maximum absolute atomic E-state index is 11.8. The molecule has 0 spiro atoms. The van der Waals surface area contributed by atoms with Gasteiger partial charge in [-0.05, 0) is 0 Å². The van der Waals surface area contributed by atoms with Crippen molar-refractivity contribution < 1.29 is 8.78 Å². The minimum absolute atomic E-state index is 0.167. The second-order valence-corrected chi connectivity index (χ2v) is 1.87. The van der Waals surface area contributed by atoms with E-state index in [9.17, 15) is 8.78 Å². The Hall–Kier alpha value is -0.670. The fourth-order valence-electron chi connectivity index (χ4n) is 0.645. The normalized spacial score (nSPS) is 24.2. The van der Waals surface area contributed by atoms with Crippen LogP contribution >= 0.6 is 0 Å². The zero-order valence-electron chi connectivity index (χ0n) is 5.35. The summed E-state index contributed by atoms with van der Waals surface area (Å²) in [4.78, 5) is 4.89. The molecule has 55 valence electrons. The van der Waals surface area contributed by atoms with Crippen LogP contribution in [0.25, 0.3) is 0 Å². The molecule has 0 aromatic carbocycles. The van der Waals surface area contributed by atoms with Gasteiger partial charge in [-0.25, -0.2) is 8.78 Å². The maximum atomic E-state index is 11.8. The van der Waals surface area contributed by atoms with Crippen molar-refractivity contribution >= 4 is 6.34 Å². The molecule has 1 rings (SSSR count). The first-order valence-corrected chi connectivity index (χ1v) is 2.98. The highest BCUT2D eigenvalue weighted by molar-refractivity contribution is 5.59. The first-order chi connectivity index (χ1) is 4.86. The van der Waals surface area contributed by atoms with E-state index in [1.54, 1.807) is 0 Å². The van der Waals surface area contributed by atoms with Crippen LogP contribution in [-0.2, 0) is 0 Å². The third-order valence-electron chi connectivity index (χ3n) is 1.09. The summed E-state index contributed by atoms with van der Waals surface area (Å²) in [5.41, 5.74) is 0. The van der Waals surface area contributed by atoms with E-state index < -0.39 is 19.4 Å². The molecule has 4 heteroatoms. The molecule has 1 atom stereocenters. The summed E-state index contributed by atoms with van der Waals surface area (Å²) in [7, 11) is 0. The van der Waals surface area contributed by atoms with Crippen molar-refractivity contribution in [1.29, 1.82) is 0 Å². The molecule has 0 bridgehead atoms. The molecule has 0 saturated heterocycles. The van der Waals surface area contributed by atoms with Gasteiger partial charge in [-0.2, -0.15) is 0 Å². The number of hydrogen-bond acceptors (Lipinski definition) is 2. The van der Waals surface area contributed by atoms with Crippen LogP contribution in [0.5, 0.6) is 0 Å². The third kappa shape index (κ3) is 1.65. The standard InChI is InChI=1S/C6H7F2N2/c7-1-2-10-4-6(3-8)9-5-10/h6H,1-3H2. The molecule has 1 aliphatic rings. The second kappa shape index (κ2) is 3.49. The Morgan fingerprint density at radius 2 is 2.30 bits per heavy atom. The Kier molecular flexibility index (Phi) is 2.59. The molecule has 10 heavy (non-hydrogen) atoms. The van der Waals surface area contributed by atoms with Crippen LogP contribution in [0.3, 0.4) is 0 Å². The van der Waals surface area contributed by atoms with Crippen LogP contribution in [0.2, 0.25) is 0 Å². The average molecular weight is 145 g/mol. The Bertz CT molecular complexity index is 127. The first kappa shape index (κ1) is 7.44. The molecular weight excluding hydrogens is 138 g/mol. The molecule has 2 nitrogen and oxygen atoms in total. The minimum atomic E-state index is -0.588. The SMILES string of the molecule is FCCN1[C]C(CF)N=[C]1. The smallest absolute Gasteiger partial charge is 0.168 e. The lowest BCUT2D eigenvalue weighted by atomic mass is 10.3. The van der Waals surface area contributed by atoms with Crippen LogP contribution < -0.4 is 0 Å². The zero-order valence-corrected chi connectivity index (χ0v) is 5.35. The van der Waals surface area contributed by atoms with Gasteiger partial charge in [-0.15, -0.1) is 0 Å². The molecule has 1 aliphatic heterocycles. The summed E-state index contributed by atoms with van der Waals surface area (Å²) < 4.78 is 23.4. The predicted octanol–water partition coefficient (Wildman–Crippen LogP) is 0.554. The molecular formula is C6H7F2N2. The van der Waals surface area contributed by atoms with E-state index in [0.717, 1.165) is 0 Å². The molecule has 0 amide bonds. The van der Waals surface area contributed by atoms with Crippen molar-refractivity contribution in [2.75, 3.05) is 19.9 Å². The van der Waals surface area contributed by atoms with Gasteiger partial charge in [0.05, 0.1) is 0 Å². The van der Waals surface area contributed by atoms with Crippen LogP contribution in [0, 0.1) is 6.54 Å². The topological polar surface area (TPSA) is 15.6 Å². The molecule has 1 heterocycles. The molecule has 3 radical (unpaired) electrons. The Labute approximate surface area is 58.5 Å². The van der Waals surface area contributed by atoms with E-state index in [-0.39, 0.29) is 6.54 Å². The summed E-state index contributed by atoms with van der Waals surface area (Å²) in [6.07, 6.45) is 2.43. The second-order valence-electron chi connectivity index (χ2n) is 1.87. The van der Waals surface area contributed by atoms with Crippen LogP contribution in [0.15, 0.2) is 4.99 Å². The summed E-state index contributed by atoms with van der Waals surface area (Å²) in [6.45, 7) is 1.67. The largest absolute Gasteiger partial charge is 0.338 e. The monoisotopic (exact) mass is 145 g/mol. The molecule has 0 fully saturated rings. The van der Waals surface area contributed by atoms with Crippen molar-refractivity contribution in [3.8, 4) is 0 Å². The van der Waals surface area contributed by atoms with Crippen molar-refractivity contribution in [3.63, 3.8) is 0 Å². The minimum Gasteiger partial charge on any atom is -0.338 e. The molecule has 1 unspecified atom stereocenters. The van der Waals surface area contributed by atoms with Gasteiger partial charge in [-0.1, -0.05) is 0 Å². The van der Waals surface area contributed by atoms with Gasteiger partial charge in [0, 0.05) is 6.54 Å². The van der Waals surface area contributed by atoms with Crippen LogP contribution in [0.4, 0.5) is 8.78 Å². The fraction of sp³-hybridized carbons (Fsp3) is 0.667. The zero-order chi connectivity index (χ0) is 7.40. The average Bonchev–Trinajstić information content (AvgIpc) is 2.37. The Morgan fingerprint density at radius 3 is 2.80 bits per heavy atom. The molecule has 0 saturated carbocycles. The van der Waals surface area contributed by atoms with Gasteiger partial charge in [0.2, 0.25) is 0 Å². The summed E-state index contributed by atoms with van der Waals surface area (Å²) in [6, 6.07) is -0.563. The fourth-order valence-corrected chi connectivity index (χ4v) is 0.645. The summed E-state index contributed by atoms with van der Waals surface area (Å²) in [5.74, 6) is 0. The van der Waals surface area contributed by atoms with Crippen molar-refractivity contribution in [3.05, 3.63) is 6.54 Å². The lowest BCUT2D eigenvalue weighted by molar-refractivity contribution is 0.381. The first-order valence-electron chi connectivity index (χ1n) is 2.98. The number of halogens is 2. The Balaban J connectivity index is 2.24. The molecule has 0 aromatic rings. The molecule has 0 aliphatic carbocycles. The number of rotatable bonds is 3. The highest BCUT2D eigenvalue weighted by atomic mass is 19.1. The van der Waals surface area contributed by atoms with E-state index in [0.29, 0.717) is 0 Å². The van der Waals surface area contributed by atoms with Gasteiger partial charge in [0.15, 0.2) is 6.34 Å². The van der Waals surface area contributed by atoms with Crippen LogP contribution in [0.1, 0.15) is 0 Å². The van der Waals surface area contributed by atoms with Gasteiger partial charge in [0.1, 0.15) is 25.9 Å². The lowest BCUT2D eigenvalue weighted by Crippen LogP contribution is -2.21. The van der Waals surface area contributed by atoms with E-state index in [1.165, 1.54) is 4.90 Å². The van der Waals surface area contributed by atoms with Gasteiger partial charge < -0.3 is 4.90 Å². The van der Waals surface area contributed by atoms with E-state index in [4.69, 9.17) is 0 Å². The van der Waals surface area contributed by atoms with Crippen molar-refractivity contribution in [2.24, 2.45) is 4.99 Å². The van der Waals surface area contributed by atoms with Gasteiger partial charge in [-0.3, -0.25) is 4.99 Å². The molecule has 0 aromatic heterocycles. The van der Waals surface area contributed by atoms with Crippen LogP contribution in [-0.4, -0.2) is 37.2 Å². The molecule has 0 N–H and O–H groups in total. The van der Waals surface area contributed by atoms with Crippen molar-refractivity contribution in [2.45, 2.75) is 6.04 Å². The van der Waals surface area contributed by atoms with Gasteiger partial charge >= 0.3 is 0 Å².